The maximum Gasteiger partial charge on any atom is 0.214 e. The van der Waals surface area contributed by atoms with Crippen molar-refractivity contribution < 1.29 is 57.7 Å². The zero-order valence-electron chi connectivity index (χ0n) is 75.5. The van der Waals surface area contributed by atoms with Crippen LogP contribution in [0.5, 0.6) is 0 Å². The monoisotopic (exact) mass is 1830 g/mol. The standard InChI is InChI=1S/C25H35N3O4S.2C25H35N3O3S.C24H33N3O3S/c29-16-17-33(30,31)27-24-13-15-28(25-8-4-5-14-26-25)18-22(24)19-32-23-11-9-21(10-12-23)20-6-2-1-3-7-20;1-19-7-6-10-25(26-19)28-16-15-24(27-32(2,29)30)22(17-28)18-31-23-13-11-21(12-14-23)20-8-4-3-5-9-20;1-19-8-13-25(26-16-19)28-15-14-24(27-32(2,29)30)22(17-28)18-31-23-11-9-21(10-12-23)20-6-4-3-5-7-20;1-31(28,29)26-24-13-15-27(22-8-5-14-25-16-22)17-21(24)18-30-23-11-9-20(10-12-23)19-6-3-2-4-7-19/h1-8,14,21-24,27,29H,9-13,15-19H2;3-10,21-24,27H,11-18H2,1-2H3;3-8,13,16,21-24,27H,9-12,14-15,17-18H2,1-2H3;2-8,14,16,20-21,23-24,26H,9-13,15,17-18H2,1H3/t3*21?,22?,23?,24-;20?,21?,23?,24-/m0000/s1. The van der Waals surface area contributed by atoms with Crippen LogP contribution in [0.25, 0.3) is 0 Å². The molecule has 696 valence electrons. The van der Waals surface area contributed by atoms with Gasteiger partial charge in [-0.3, -0.25) is 4.98 Å². The average molecular weight is 1830 g/mol. The van der Waals surface area contributed by atoms with E-state index in [-0.39, 0.29) is 84.6 Å². The number of anilines is 4. The Morgan fingerprint density at radius 3 is 1.02 bits per heavy atom. The van der Waals surface area contributed by atoms with Crippen molar-refractivity contribution in [1.29, 1.82) is 0 Å². The molecular weight excluding hydrogens is 1690 g/mol. The highest BCUT2D eigenvalue weighted by atomic mass is 32.2. The lowest BCUT2D eigenvalue weighted by Crippen LogP contribution is -2.53. The molecule has 8 aromatic rings. The first-order chi connectivity index (χ1) is 61.8. The number of pyridine rings is 4. The molecule has 0 bridgehead atoms. The Balaban J connectivity index is 0.000000146. The number of aliphatic hydroxyl groups excluding tert-OH is 1. The minimum atomic E-state index is -3.52. The van der Waals surface area contributed by atoms with Crippen molar-refractivity contribution in [2.24, 2.45) is 23.7 Å². The van der Waals surface area contributed by atoms with E-state index in [9.17, 15) is 33.7 Å². The Morgan fingerprint density at radius 2 is 0.688 bits per heavy atom. The van der Waals surface area contributed by atoms with Gasteiger partial charge in [0.25, 0.3) is 0 Å². The molecule has 4 aromatic heterocycles. The quantitative estimate of drug-likeness (QED) is 0.0279. The molecular formula is C99H138N12O13S4. The first-order valence-electron chi connectivity index (χ1n) is 46.6. The largest absolute Gasteiger partial charge is 0.395 e. The first kappa shape index (κ1) is 97.6. The van der Waals surface area contributed by atoms with E-state index in [0.29, 0.717) is 63.1 Å². The summed E-state index contributed by atoms with van der Waals surface area (Å²) in [4.78, 5) is 26.9. The van der Waals surface area contributed by atoms with Gasteiger partial charge >= 0.3 is 0 Å². The van der Waals surface area contributed by atoms with Gasteiger partial charge in [-0.05, 0) is 236 Å². The number of aryl methyl sites for hydroxylation is 2. The summed E-state index contributed by atoms with van der Waals surface area (Å²) >= 11 is 0. The van der Waals surface area contributed by atoms with Gasteiger partial charge in [0.15, 0.2) is 0 Å². The molecule has 128 heavy (non-hydrogen) atoms. The SMILES string of the molecule is CS(=O)(=O)N[C@H]1CCN(c2cccnc2)CC1COC1CCC(c2ccccc2)CC1.Cc1ccc(N2CC[C@H](NS(C)(=O)=O)C(COC3CCC(c4ccccc4)CC3)C2)nc1.Cc1cccc(N2CC[C@H](NS(C)(=O)=O)C(COC3CCC(c4ccccc4)CC3)C2)n1.O=S(=O)(CCO)N[C@H]1CCN(c2ccccn2)CC1COC1CCC(c2ccccc2)CC1. The fourth-order valence-corrected chi connectivity index (χ4v) is 23.9. The van der Waals surface area contributed by atoms with Gasteiger partial charge in [0.2, 0.25) is 40.1 Å². The molecule has 4 unspecified atom stereocenters. The second-order valence-electron chi connectivity index (χ2n) is 36.8. The molecule has 4 aromatic carbocycles. The molecule has 4 aliphatic heterocycles. The molecule has 29 heteroatoms. The summed E-state index contributed by atoms with van der Waals surface area (Å²) in [6.07, 6.45) is 32.4. The smallest absolute Gasteiger partial charge is 0.214 e. The number of hydrogen-bond donors (Lipinski definition) is 5. The van der Waals surface area contributed by atoms with E-state index in [1.807, 2.05) is 74.8 Å². The van der Waals surface area contributed by atoms with Crippen LogP contribution in [0.2, 0.25) is 0 Å². The zero-order chi connectivity index (χ0) is 89.9. The normalized spacial score (nSPS) is 26.7. The fourth-order valence-electron chi connectivity index (χ4n) is 20.1. The highest BCUT2D eigenvalue weighted by molar-refractivity contribution is 7.89. The van der Waals surface area contributed by atoms with E-state index in [1.54, 1.807) is 12.4 Å². The highest BCUT2D eigenvalue weighted by Crippen LogP contribution is 2.40. The van der Waals surface area contributed by atoms with Crippen LogP contribution in [-0.4, -0.2) is 217 Å². The second-order valence-corrected chi connectivity index (χ2v) is 44.0. The van der Waals surface area contributed by atoms with Gasteiger partial charge in [0, 0.05) is 124 Å². The number of rotatable bonds is 30. The Labute approximate surface area is 762 Å². The minimum absolute atomic E-state index is 0.0149. The molecule has 4 saturated carbocycles. The molecule has 8 heterocycles. The van der Waals surface area contributed by atoms with E-state index in [4.69, 9.17) is 24.1 Å². The second kappa shape index (κ2) is 48.0. The van der Waals surface area contributed by atoms with Crippen molar-refractivity contribution in [1.82, 2.24) is 38.8 Å². The number of nitrogens with zero attached hydrogens (tertiary/aromatic N) is 8. The van der Waals surface area contributed by atoms with E-state index < -0.39 is 40.1 Å². The number of nitrogens with one attached hydrogen (secondary N) is 4. The lowest BCUT2D eigenvalue weighted by molar-refractivity contribution is -0.00227. The number of hydrogen-bond acceptors (Lipinski definition) is 21. The lowest BCUT2D eigenvalue weighted by Gasteiger charge is -2.40. The number of piperidine rings is 4. The van der Waals surface area contributed by atoms with E-state index in [1.165, 1.54) is 41.0 Å². The summed E-state index contributed by atoms with van der Waals surface area (Å²) in [6.45, 7) is 11.9. The maximum atomic E-state index is 12.3. The summed E-state index contributed by atoms with van der Waals surface area (Å²) in [5.41, 5.74) is 8.89. The Kier molecular flexibility index (Phi) is 36.6. The van der Waals surface area contributed by atoms with E-state index in [0.717, 1.165) is 202 Å². The van der Waals surface area contributed by atoms with E-state index >= 15 is 0 Å². The van der Waals surface area contributed by atoms with Crippen LogP contribution in [0.3, 0.4) is 0 Å². The Morgan fingerprint density at radius 1 is 0.344 bits per heavy atom. The summed E-state index contributed by atoms with van der Waals surface area (Å²) in [7, 11) is -13.3. The van der Waals surface area contributed by atoms with Gasteiger partial charge in [0.05, 0.1) is 93.9 Å². The Hall–Kier alpha value is -7.88. The van der Waals surface area contributed by atoms with Crippen molar-refractivity contribution in [2.45, 2.75) is 215 Å². The van der Waals surface area contributed by atoms with Crippen LogP contribution < -0.4 is 38.5 Å². The van der Waals surface area contributed by atoms with Crippen molar-refractivity contribution in [3.8, 4) is 0 Å². The zero-order valence-corrected chi connectivity index (χ0v) is 78.7. The van der Waals surface area contributed by atoms with Crippen LogP contribution in [0, 0.1) is 37.5 Å². The minimum Gasteiger partial charge on any atom is -0.395 e. The predicted octanol–water partition coefficient (Wildman–Crippen LogP) is 14.3. The molecule has 0 radical (unpaired) electrons. The first-order valence-corrected chi connectivity index (χ1v) is 53.9. The maximum absolute atomic E-state index is 12.3. The third kappa shape index (κ3) is 31.1. The van der Waals surface area contributed by atoms with Crippen molar-refractivity contribution in [3.05, 3.63) is 240 Å². The molecule has 8 atom stereocenters. The van der Waals surface area contributed by atoms with Gasteiger partial charge < -0.3 is 43.7 Å². The van der Waals surface area contributed by atoms with E-state index in [2.05, 4.69) is 192 Å². The topological polar surface area (TPSA) is 306 Å². The molecule has 0 spiro atoms. The number of aromatic nitrogens is 4. The number of benzene rings is 4. The summed E-state index contributed by atoms with van der Waals surface area (Å²) in [5.74, 6) is 5.29. The van der Waals surface area contributed by atoms with Crippen LogP contribution in [0.4, 0.5) is 23.1 Å². The van der Waals surface area contributed by atoms with Gasteiger partial charge in [-0.2, -0.15) is 0 Å². The number of sulfonamides is 4. The van der Waals surface area contributed by atoms with Gasteiger partial charge in [-0.15, -0.1) is 0 Å². The van der Waals surface area contributed by atoms with Crippen molar-refractivity contribution in [3.63, 3.8) is 0 Å². The van der Waals surface area contributed by atoms with Gasteiger partial charge in [-0.25, -0.2) is 67.5 Å². The van der Waals surface area contributed by atoms with Crippen LogP contribution in [-0.2, 0) is 59.0 Å². The van der Waals surface area contributed by atoms with Gasteiger partial charge in [-0.1, -0.05) is 140 Å². The van der Waals surface area contributed by atoms with Crippen LogP contribution in [0.1, 0.15) is 186 Å². The number of ether oxygens (including phenoxy) is 4. The molecule has 8 fully saturated rings. The molecule has 4 saturated heterocycles. The van der Waals surface area contributed by atoms with Crippen LogP contribution >= 0.6 is 0 Å². The highest BCUT2D eigenvalue weighted by Gasteiger charge is 2.39. The molecule has 0 amide bonds. The average Bonchev–Trinajstić information content (AvgIpc) is 0.829. The molecule has 16 rings (SSSR count). The molecule has 25 nitrogen and oxygen atoms in total. The third-order valence-electron chi connectivity index (χ3n) is 27.1. The third-order valence-corrected chi connectivity index (χ3v) is 30.7. The van der Waals surface area contributed by atoms with Crippen molar-refractivity contribution in [2.75, 3.05) is 130 Å². The Bertz CT molecular complexity index is 5070. The van der Waals surface area contributed by atoms with Crippen molar-refractivity contribution >= 4 is 63.2 Å². The summed E-state index contributed by atoms with van der Waals surface area (Å²) < 4.78 is 133. The fraction of sp³-hybridized carbons (Fsp3) is 0.556. The van der Waals surface area contributed by atoms with Crippen LogP contribution in [0.15, 0.2) is 207 Å². The summed E-state index contributed by atoms with van der Waals surface area (Å²) in [5, 5.41) is 9.10. The summed E-state index contributed by atoms with van der Waals surface area (Å²) in [6, 6.07) is 62.4. The van der Waals surface area contributed by atoms with Gasteiger partial charge in [0.1, 0.15) is 17.5 Å². The molecule has 5 N–H and O–H groups in total. The lowest BCUT2D eigenvalue weighted by atomic mass is 9.82. The molecule has 4 aliphatic carbocycles. The molecule has 8 aliphatic rings. The number of aliphatic hydroxyl groups is 1. The predicted molar refractivity (Wildman–Crippen MR) is 510 cm³/mol.